The van der Waals surface area contributed by atoms with Gasteiger partial charge >= 0.3 is 0 Å². The van der Waals surface area contributed by atoms with Crippen molar-refractivity contribution in [2.75, 3.05) is 12.4 Å². The maximum atomic E-state index is 13.1. The predicted molar refractivity (Wildman–Crippen MR) is 97.6 cm³/mol. The Labute approximate surface area is 157 Å². The Morgan fingerprint density at radius 2 is 1.78 bits per heavy atom. The number of hydrogen-bond acceptors (Lipinski definition) is 4. The number of carbonyl (C=O) groups is 3. The Morgan fingerprint density at radius 1 is 1.15 bits per heavy atom. The van der Waals surface area contributed by atoms with Crippen molar-refractivity contribution in [3.05, 3.63) is 36.4 Å². The van der Waals surface area contributed by atoms with Gasteiger partial charge < -0.3 is 10.1 Å². The van der Waals surface area contributed by atoms with Crippen molar-refractivity contribution < 1.29 is 19.1 Å². The van der Waals surface area contributed by atoms with E-state index in [1.807, 2.05) is 0 Å². The van der Waals surface area contributed by atoms with Gasteiger partial charge in [-0.1, -0.05) is 18.2 Å². The van der Waals surface area contributed by atoms with E-state index >= 15 is 0 Å². The molecule has 3 fully saturated rings. The zero-order valence-electron chi connectivity index (χ0n) is 15.3. The molecule has 0 unspecified atom stereocenters. The molecule has 1 heterocycles. The summed E-state index contributed by atoms with van der Waals surface area (Å²) in [5.74, 6) is 0.797. The lowest BCUT2D eigenvalue weighted by atomic mass is 9.63. The summed E-state index contributed by atoms with van der Waals surface area (Å²) in [6.07, 6.45) is 5.40. The van der Waals surface area contributed by atoms with Crippen molar-refractivity contribution in [2.24, 2.45) is 35.5 Å². The second-order valence-electron chi connectivity index (χ2n) is 8.10. The lowest BCUT2D eigenvalue weighted by molar-refractivity contribution is -0.146. The fourth-order valence-electron chi connectivity index (χ4n) is 5.43. The molecule has 1 aliphatic heterocycles. The van der Waals surface area contributed by atoms with Gasteiger partial charge in [-0.05, 0) is 49.1 Å². The van der Waals surface area contributed by atoms with E-state index in [1.54, 1.807) is 38.3 Å². The number of anilines is 1. The molecular weight excluding hydrogens is 344 g/mol. The number of carbonyl (C=O) groups excluding carboxylic acids is 3. The summed E-state index contributed by atoms with van der Waals surface area (Å²) >= 11 is 0. The van der Waals surface area contributed by atoms with Gasteiger partial charge in [0.15, 0.2) is 0 Å². The number of methoxy groups -OCH3 is 1. The van der Waals surface area contributed by atoms with Crippen molar-refractivity contribution in [1.82, 2.24) is 4.90 Å². The molecule has 3 amide bonds. The quantitative estimate of drug-likeness (QED) is 0.654. The molecule has 0 aromatic heterocycles. The van der Waals surface area contributed by atoms with Gasteiger partial charge in [0.05, 0.1) is 18.9 Å². The van der Waals surface area contributed by atoms with Crippen LogP contribution >= 0.6 is 0 Å². The van der Waals surface area contributed by atoms with E-state index in [4.69, 9.17) is 4.74 Å². The van der Waals surface area contributed by atoms with Crippen LogP contribution in [0, 0.1) is 35.5 Å². The first-order valence-electron chi connectivity index (χ1n) is 9.51. The minimum absolute atomic E-state index is 0.167. The van der Waals surface area contributed by atoms with Gasteiger partial charge in [0.2, 0.25) is 17.7 Å². The van der Waals surface area contributed by atoms with Crippen LogP contribution in [-0.2, 0) is 14.4 Å². The summed E-state index contributed by atoms with van der Waals surface area (Å²) in [5.41, 5.74) is 0.575. The molecule has 2 bridgehead atoms. The molecule has 1 saturated heterocycles. The van der Waals surface area contributed by atoms with E-state index in [2.05, 4.69) is 17.5 Å². The van der Waals surface area contributed by atoms with Crippen molar-refractivity contribution in [2.45, 2.75) is 19.4 Å². The number of hydrogen-bond donors (Lipinski definition) is 1. The van der Waals surface area contributed by atoms with E-state index in [0.717, 1.165) is 6.42 Å². The van der Waals surface area contributed by atoms with Crippen molar-refractivity contribution in [3.8, 4) is 5.75 Å². The van der Waals surface area contributed by atoms with Gasteiger partial charge in [-0.15, -0.1) is 0 Å². The molecule has 2 saturated carbocycles. The second-order valence-corrected chi connectivity index (χ2v) is 8.10. The zero-order valence-corrected chi connectivity index (χ0v) is 15.3. The molecule has 140 valence electrons. The molecule has 6 rings (SSSR count). The van der Waals surface area contributed by atoms with Crippen LogP contribution in [0.25, 0.3) is 0 Å². The van der Waals surface area contributed by atoms with E-state index in [9.17, 15) is 14.4 Å². The number of amides is 3. The average molecular weight is 366 g/mol. The van der Waals surface area contributed by atoms with Crippen LogP contribution in [0.4, 0.5) is 5.69 Å². The third-order valence-electron chi connectivity index (χ3n) is 6.80. The summed E-state index contributed by atoms with van der Waals surface area (Å²) in [6, 6.07) is 6.17. The molecule has 0 spiro atoms. The monoisotopic (exact) mass is 366 g/mol. The minimum Gasteiger partial charge on any atom is -0.497 e. The second kappa shape index (κ2) is 5.68. The fourth-order valence-corrected chi connectivity index (χ4v) is 5.43. The highest BCUT2D eigenvalue weighted by atomic mass is 16.5. The van der Waals surface area contributed by atoms with Crippen molar-refractivity contribution in [1.29, 1.82) is 0 Å². The zero-order chi connectivity index (χ0) is 18.9. The van der Waals surface area contributed by atoms with Crippen LogP contribution in [0.15, 0.2) is 36.4 Å². The maximum Gasteiger partial charge on any atom is 0.247 e. The van der Waals surface area contributed by atoms with Gasteiger partial charge in [-0.25, -0.2) is 0 Å². The third-order valence-corrected chi connectivity index (χ3v) is 6.80. The van der Waals surface area contributed by atoms with Crippen LogP contribution in [-0.4, -0.2) is 35.8 Å². The number of nitrogens with zero attached hydrogens (tertiary/aromatic N) is 1. The van der Waals surface area contributed by atoms with Gasteiger partial charge in [0, 0.05) is 11.8 Å². The first-order valence-corrected chi connectivity index (χ1v) is 9.51. The van der Waals surface area contributed by atoms with Crippen LogP contribution in [0.3, 0.4) is 0 Å². The summed E-state index contributed by atoms with van der Waals surface area (Å²) in [5, 5.41) is 2.79. The number of allylic oxidation sites excluding steroid dienone is 2. The molecule has 27 heavy (non-hydrogen) atoms. The first kappa shape index (κ1) is 16.5. The van der Waals surface area contributed by atoms with Crippen LogP contribution < -0.4 is 10.1 Å². The number of likely N-dealkylation sites (tertiary alicyclic amines) is 1. The largest absolute Gasteiger partial charge is 0.497 e. The molecule has 1 aromatic carbocycles. The SMILES string of the molecule is COc1cccc(NC(=O)[C@H](C)N2C(=O)[C@@H]3[C@H]4C=C[C@@H]([C@@H]5C[C@H]45)[C@H]3C2=O)c1. The van der Waals surface area contributed by atoms with Gasteiger partial charge in [-0.3, -0.25) is 19.3 Å². The van der Waals surface area contributed by atoms with Crippen molar-refractivity contribution >= 4 is 23.4 Å². The Balaban J connectivity index is 1.36. The molecule has 1 aromatic rings. The topological polar surface area (TPSA) is 75.7 Å². The molecule has 0 radical (unpaired) electrons. The summed E-state index contributed by atoms with van der Waals surface area (Å²) in [7, 11) is 1.56. The van der Waals surface area contributed by atoms with Crippen LogP contribution in [0.2, 0.25) is 0 Å². The van der Waals surface area contributed by atoms with Crippen LogP contribution in [0.1, 0.15) is 13.3 Å². The lowest BCUT2D eigenvalue weighted by Gasteiger charge is -2.37. The maximum absolute atomic E-state index is 13.1. The normalized spacial score (nSPS) is 36.3. The number of nitrogens with one attached hydrogen (secondary N) is 1. The Hall–Kier alpha value is -2.63. The minimum atomic E-state index is -0.836. The standard InChI is InChI=1S/C21H22N2O4/c1-10(19(24)22-11-4-3-5-12(8-11)27-2)23-20(25)17-13-6-7-14(16-9-15(13)16)18(17)21(23)26/h3-8,10,13-18H,9H2,1-2H3,(H,22,24)/t10-,13-,14-,15-,16+,17+,18+/m0/s1. The Bertz CT molecular complexity index is 843. The average Bonchev–Trinajstić information content (AvgIpc) is 3.45. The Morgan fingerprint density at radius 3 is 2.37 bits per heavy atom. The summed E-state index contributed by atoms with van der Waals surface area (Å²) in [4.78, 5) is 40.1. The highest BCUT2D eigenvalue weighted by Crippen LogP contribution is 2.65. The van der Waals surface area contributed by atoms with Crippen LogP contribution in [0.5, 0.6) is 5.75 Å². The van der Waals surface area contributed by atoms with Gasteiger partial charge in [0.1, 0.15) is 11.8 Å². The van der Waals surface area contributed by atoms with E-state index < -0.39 is 6.04 Å². The summed E-state index contributed by atoms with van der Waals surface area (Å²) < 4.78 is 5.16. The number of benzene rings is 1. The lowest BCUT2D eigenvalue weighted by Crippen LogP contribution is -2.46. The molecule has 6 nitrogen and oxygen atoms in total. The smallest absolute Gasteiger partial charge is 0.247 e. The fraction of sp³-hybridized carbons (Fsp3) is 0.476. The Kier molecular flexibility index (Phi) is 3.48. The molecular formula is C21H22N2O4. The first-order chi connectivity index (χ1) is 13.0. The molecule has 1 N–H and O–H groups in total. The number of rotatable bonds is 4. The highest BCUT2D eigenvalue weighted by molar-refractivity contribution is 6.10. The van der Waals surface area contributed by atoms with Gasteiger partial charge in [0.25, 0.3) is 0 Å². The third kappa shape index (κ3) is 2.28. The number of ether oxygens (including phenoxy) is 1. The van der Waals surface area contributed by atoms with E-state index in [-0.39, 0.29) is 41.4 Å². The molecule has 7 atom stereocenters. The summed E-state index contributed by atoms with van der Waals surface area (Å²) in [6.45, 7) is 1.62. The predicted octanol–water partition coefficient (Wildman–Crippen LogP) is 2.08. The molecule has 6 heteroatoms. The highest BCUT2D eigenvalue weighted by Gasteiger charge is 2.67. The molecule has 5 aliphatic rings. The van der Waals surface area contributed by atoms with E-state index in [1.165, 1.54) is 4.90 Å². The molecule has 4 aliphatic carbocycles. The van der Waals surface area contributed by atoms with E-state index in [0.29, 0.717) is 23.3 Å². The van der Waals surface area contributed by atoms with Crippen molar-refractivity contribution in [3.63, 3.8) is 0 Å². The number of imide groups is 1. The van der Waals surface area contributed by atoms with Gasteiger partial charge in [-0.2, -0.15) is 0 Å².